The fourth-order valence-corrected chi connectivity index (χ4v) is 2.23. The monoisotopic (exact) mass is 295 g/mol. The van der Waals surface area contributed by atoms with Gasteiger partial charge >= 0.3 is 0 Å². The van der Waals surface area contributed by atoms with E-state index in [1.807, 2.05) is 32.7 Å². The fraction of sp³-hybridized carbons (Fsp3) is 0.538. The van der Waals surface area contributed by atoms with Gasteiger partial charge in [-0.25, -0.2) is 0 Å². The Bertz CT molecular complexity index is 532. The van der Waals surface area contributed by atoms with E-state index in [9.17, 15) is 4.79 Å². The Morgan fingerprint density at radius 2 is 2.05 bits per heavy atom. The van der Waals surface area contributed by atoms with Crippen molar-refractivity contribution >= 4 is 28.9 Å². The van der Waals surface area contributed by atoms with Gasteiger partial charge in [0.1, 0.15) is 4.99 Å². The van der Waals surface area contributed by atoms with Crippen LogP contribution in [-0.4, -0.2) is 41.7 Å². The maximum Gasteiger partial charge on any atom is 0.224 e. The molecule has 0 bridgehead atoms. The van der Waals surface area contributed by atoms with Gasteiger partial charge in [0.05, 0.1) is 17.2 Å². The molecule has 0 saturated carbocycles. The van der Waals surface area contributed by atoms with Gasteiger partial charge in [-0.2, -0.15) is 5.10 Å². The van der Waals surface area contributed by atoms with Gasteiger partial charge in [0.15, 0.2) is 5.82 Å². The summed E-state index contributed by atoms with van der Waals surface area (Å²) in [6.45, 7) is 6.13. The summed E-state index contributed by atoms with van der Waals surface area (Å²) in [6.07, 6.45) is 0. The minimum absolute atomic E-state index is 0.0227. The van der Waals surface area contributed by atoms with Crippen molar-refractivity contribution in [1.29, 1.82) is 0 Å². The molecule has 0 fully saturated rings. The molecule has 20 heavy (non-hydrogen) atoms. The van der Waals surface area contributed by atoms with Crippen LogP contribution < -0.4 is 16.0 Å². The van der Waals surface area contributed by atoms with Gasteiger partial charge in [0, 0.05) is 20.6 Å². The molecule has 0 saturated heterocycles. The van der Waals surface area contributed by atoms with Gasteiger partial charge in [0.2, 0.25) is 5.91 Å². The lowest BCUT2D eigenvalue weighted by Gasteiger charge is -2.24. The van der Waals surface area contributed by atoms with Crippen molar-refractivity contribution in [1.82, 2.24) is 15.5 Å². The first-order chi connectivity index (χ1) is 9.29. The van der Waals surface area contributed by atoms with Gasteiger partial charge in [-0.05, 0) is 19.4 Å². The number of nitrogens with one attached hydrogen (secondary N) is 1. The molecule has 3 N–H and O–H groups in total. The fourth-order valence-electron chi connectivity index (χ4n) is 1.98. The SMILES string of the molecule is CNC(=O)C(C)CN(C)c1nnc(C)c(C)c1C(N)=S. The summed E-state index contributed by atoms with van der Waals surface area (Å²) >= 11 is 5.11. The summed E-state index contributed by atoms with van der Waals surface area (Å²) in [6, 6.07) is 0. The molecular weight excluding hydrogens is 274 g/mol. The van der Waals surface area contributed by atoms with Gasteiger partial charge in [-0.1, -0.05) is 19.1 Å². The molecule has 1 heterocycles. The zero-order valence-corrected chi connectivity index (χ0v) is 13.3. The van der Waals surface area contributed by atoms with Crippen LogP contribution in [0.15, 0.2) is 0 Å². The number of carbonyl (C=O) groups is 1. The number of aromatic nitrogens is 2. The number of nitrogens with two attached hydrogens (primary N) is 1. The van der Waals surface area contributed by atoms with Crippen molar-refractivity contribution in [2.45, 2.75) is 20.8 Å². The lowest BCUT2D eigenvalue weighted by molar-refractivity contribution is -0.123. The van der Waals surface area contributed by atoms with Crippen LogP contribution in [0.1, 0.15) is 23.7 Å². The van der Waals surface area contributed by atoms with E-state index >= 15 is 0 Å². The molecule has 1 amide bonds. The number of hydrogen-bond donors (Lipinski definition) is 2. The highest BCUT2D eigenvalue weighted by Crippen LogP contribution is 2.21. The smallest absolute Gasteiger partial charge is 0.224 e. The first kappa shape index (κ1) is 16.3. The number of rotatable bonds is 5. The number of amides is 1. The molecule has 0 aliphatic rings. The number of hydrogen-bond acceptors (Lipinski definition) is 5. The Hall–Kier alpha value is -1.76. The van der Waals surface area contributed by atoms with Crippen LogP contribution in [0.2, 0.25) is 0 Å². The van der Waals surface area contributed by atoms with Crippen LogP contribution in [0, 0.1) is 19.8 Å². The zero-order chi connectivity index (χ0) is 15.4. The molecule has 0 aliphatic heterocycles. The highest BCUT2D eigenvalue weighted by molar-refractivity contribution is 7.80. The summed E-state index contributed by atoms with van der Waals surface area (Å²) in [7, 11) is 3.47. The maximum atomic E-state index is 11.6. The lowest BCUT2D eigenvalue weighted by atomic mass is 10.1. The first-order valence-electron chi connectivity index (χ1n) is 6.36. The van der Waals surface area contributed by atoms with Gasteiger partial charge in [-0.3, -0.25) is 4.79 Å². The average Bonchev–Trinajstić information content (AvgIpc) is 2.39. The minimum atomic E-state index is -0.174. The summed E-state index contributed by atoms with van der Waals surface area (Å²) < 4.78 is 0. The van der Waals surface area contributed by atoms with E-state index in [0.717, 1.165) is 16.8 Å². The molecule has 0 aromatic carbocycles. The third-order valence-corrected chi connectivity index (χ3v) is 3.49. The standard InChI is InChI=1S/C13H21N5OS/c1-7(13(19)15-4)6-18(5)12-10(11(14)20)8(2)9(3)16-17-12/h7H,6H2,1-5H3,(H2,14,20)(H,15,19). The van der Waals surface area contributed by atoms with Crippen molar-refractivity contribution in [3.8, 4) is 0 Å². The largest absolute Gasteiger partial charge is 0.389 e. The van der Waals surface area contributed by atoms with Gasteiger partial charge in [0.25, 0.3) is 0 Å². The van der Waals surface area contributed by atoms with Crippen molar-refractivity contribution in [3.63, 3.8) is 0 Å². The van der Waals surface area contributed by atoms with Crippen LogP contribution >= 0.6 is 12.2 Å². The van der Waals surface area contributed by atoms with Crippen LogP contribution in [0.4, 0.5) is 5.82 Å². The Balaban J connectivity index is 3.10. The second-order valence-electron chi connectivity index (χ2n) is 4.87. The average molecular weight is 295 g/mol. The van der Waals surface area contributed by atoms with Crippen molar-refractivity contribution in [2.24, 2.45) is 11.7 Å². The van der Waals surface area contributed by atoms with Gasteiger partial charge in [-0.15, -0.1) is 5.10 Å². The molecule has 1 atom stereocenters. The summed E-state index contributed by atoms with van der Waals surface area (Å²) in [5, 5.41) is 10.9. The molecule has 1 rings (SSSR count). The van der Waals surface area contributed by atoms with Crippen LogP contribution in [0.25, 0.3) is 0 Å². The van der Waals surface area contributed by atoms with Crippen molar-refractivity contribution < 1.29 is 4.79 Å². The molecule has 110 valence electrons. The Morgan fingerprint density at radius 1 is 1.45 bits per heavy atom. The van der Waals surface area contributed by atoms with Crippen LogP contribution in [0.3, 0.4) is 0 Å². The van der Waals surface area contributed by atoms with Crippen molar-refractivity contribution in [2.75, 3.05) is 25.5 Å². The summed E-state index contributed by atoms with van der Waals surface area (Å²) in [5.74, 6) is 0.412. The highest BCUT2D eigenvalue weighted by Gasteiger charge is 2.20. The zero-order valence-electron chi connectivity index (χ0n) is 12.5. The molecule has 0 aliphatic carbocycles. The van der Waals surface area contributed by atoms with E-state index < -0.39 is 0 Å². The van der Waals surface area contributed by atoms with Gasteiger partial charge < -0.3 is 16.0 Å². The Kier molecular flexibility index (Phi) is 5.38. The van der Waals surface area contributed by atoms with E-state index in [4.69, 9.17) is 18.0 Å². The third-order valence-electron chi connectivity index (χ3n) is 3.29. The first-order valence-corrected chi connectivity index (χ1v) is 6.76. The van der Waals surface area contributed by atoms with E-state index in [1.54, 1.807) is 7.05 Å². The van der Waals surface area contributed by atoms with E-state index in [0.29, 0.717) is 12.4 Å². The summed E-state index contributed by atoms with van der Waals surface area (Å²) in [5.41, 5.74) is 8.23. The summed E-state index contributed by atoms with van der Waals surface area (Å²) in [4.78, 5) is 13.7. The quantitative estimate of drug-likeness (QED) is 0.772. The normalized spacial score (nSPS) is 11.8. The molecular formula is C13H21N5OS. The molecule has 6 nitrogen and oxygen atoms in total. The molecule has 1 aromatic heterocycles. The van der Waals surface area contributed by atoms with E-state index in [1.165, 1.54) is 0 Å². The van der Waals surface area contributed by atoms with Crippen LogP contribution in [-0.2, 0) is 4.79 Å². The predicted octanol–water partition coefficient (Wildman–Crippen LogP) is 0.546. The maximum absolute atomic E-state index is 11.6. The number of thiocarbonyl (C=S) groups is 1. The highest BCUT2D eigenvalue weighted by atomic mass is 32.1. The molecule has 0 spiro atoms. The second-order valence-corrected chi connectivity index (χ2v) is 5.31. The topological polar surface area (TPSA) is 84.1 Å². The second kappa shape index (κ2) is 6.60. The third kappa shape index (κ3) is 3.41. The molecule has 0 radical (unpaired) electrons. The Labute approximate surface area is 124 Å². The number of anilines is 1. The van der Waals surface area contributed by atoms with E-state index in [2.05, 4.69) is 15.5 Å². The van der Waals surface area contributed by atoms with Crippen LogP contribution in [0.5, 0.6) is 0 Å². The number of aryl methyl sites for hydroxylation is 1. The molecule has 1 unspecified atom stereocenters. The predicted molar refractivity (Wildman–Crippen MR) is 83.9 cm³/mol. The van der Waals surface area contributed by atoms with E-state index in [-0.39, 0.29) is 16.8 Å². The Morgan fingerprint density at radius 3 is 2.55 bits per heavy atom. The van der Waals surface area contributed by atoms with Crippen molar-refractivity contribution in [3.05, 3.63) is 16.8 Å². The lowest BCUT2D eigenvalue weighted by Crippen LogP contribution is -2.36. The number of nitrogens with zero attached hydrogens (tertiary/aromatic N) is 3. The number of carbonyl (C=O) groups excluding carboxylic acids is 1. The molecule has 1 aromatic rings. The molecule has 7 heteroatoms. The minimum Gasteiger partial charge on any atom is -0.389 e.